The van der Waals surface area contributed by atoms with Gasteiger partial charge in [0.15, 0.2) is 0 Å². The molecule has 23 heavy (non-hydrogen) atoms. The summed E-state index contributed by atoms with van der Waals surface area (Å²) in [6.07, 6.45) is 2.27. The van der Waals surface area contributed by atoms with E-state index in [-0.39, 0.29) is 5.91 Å². The Labute approximate surface area is 134 Å². The first-order valence-corrected chi connectivity index (χ1v) is 7.60. The molecule has 5 nitrogen and oxygen atoms in total. The second-order valence-electron chi connectivity index (χ2n) is 5.32. The van der Waals surface area contributed by atoms with Crippen LogP contribution in [-0.2, 0) is 11.3 Å². The number of rotatable bonds is 6. The summed E-state index contributed by atoms with van der Waals surface area (Å²) in [4.78, 5) is 16.4. The number of nitrogens with zero attached hydrogens (tertiary/aromatic N) is 2. The van der Waals surface area contributed by atoms with Gasteiger partial charge in [0.05, 0.1) is 25.3 Å². The Morgan fingerprint density at radius 3 is 2.78 bits per heavy atom. The lowest BCUT2D eigenvalue weighted by atomic mass is 10.3. The van der Waals surface area contributed by atoms with Crippen molar-refractivity contribution in [1.29, 1.82) is 0 Å². The first kappa shape index (κ1) is 15.1. The number of pyridine rings is 1. The van der Waals surface area contributed by atoms with Crippen molar-refractivity contribution in [3.63, 3.8) is 0 Å². The Bertz CT molecular complexity index is 796. The molecule has 1 N–H and O–H groups in total. The van der Waals surface area contributed by atoms with Gasteiger partial charge in [0.1, 0.15) is 11.4 Å². The molecule has 0 aliphatic rings. The highest BCUT2D eigenvalue weighted by atomic mass is 16.5. The van der Waals surface area contributed by atoms with Crippen LogP contribution < -0.4 is 10.1 Å². The maximum atomic E-state index is 11.9. The Morgan fingerprint density at radius 1 is 1.17 bits per heavy atom. The molecule has 118 valence electrons. The quantitative estimate of drug-likeness (QED) is 0.762. The third-order valence-electron chi connectivity index (χ3n) is 3.55. The van der Waals surface area contributed by atoms with Gasteiger partial charge in [0, 0.05) is 11.9 Å². The van der Waals surface area contributed by atoms with E-state index in [9.17, 15) is 4.79 Å². The Hall–Kier alpha value is -2.82. The molecule has 1 aromatic carbocycles. The summed E-state index contributed by atoms with van der Waals surface area (Å²) in [7, 11) is 0. The van der Waals surface area contributed by atoms with E-state index in [1.165, 1.54) is 0 Å². The first-order chi connectivity index (χ1) is 11.2. The molecule has 0 bridgehead atoms. The van der Waals surface area contributed by atoms with Gasteiger partial charge in [-0.05, 0) is 31.2 Å². The van der Waals surface area contributed by atoms with E-state index in [4.69, 9.17) is 4.74 Å². The second kappa shape index (κ2) is 6.96. The van der Waals surface area contributed by atoms with E-state index in [1.807, 2.05) is 66.1 Å². The fourth-order valence-corrected chi connectivity index (χ4v) is 2.34. The minimum atomic E-state index is -0.0466. The third kappa shape index (κ3) is 3.88. The summed E-state index contributed by atoms with van der Waals surface area (Å²) in [5.41, 5.74) is 2.85. The van der Waals surface area contributed by atoms with Crippen molar-refractivity contribution in [3.05, 3.63) is 66.1 Å². The number of fused-ring (bicyclic) bond motifs is 1. The lowest BCUT2D eigenvalue weighted by Crippen LogP contribution is -2.24. The largest absolute Gasteiger partial charge is 0.493 e. The normalized spacial score (nSPS) is 10.7. The van der Waals surface area contributed by atoms with Gasteiger partial charge >= 0.3 is 0 Å². The highest BCUT2D eigenvalue weighted by Crippen LogP contribution is 2.09. The predicted octanol–water partition coefficient (Wildman–Crippen LogP) is 2.73. The topological polar surface area (TPSA) is 55.6 Å². The Balaban J connectivity index is 1.47. The number of benzene rings is 1. The van der Waals surface area contributed by atoms with Gasteiger partial charge < -0.3 is 14.5 Å². The number of carbonyl (C=O) groups is 1. The molecule has 2 heterocycles. The number of carbonyl (C=O) groups excluding carboxylic acids is 1. The molecule has 2 aromatic heterocycles. The first-order valence-electron chi connectivity index (χ1n) is 7.60. The zero-order valence-electron chi connectivity index (χ0n) is 13.0. The maximum Gasteiger partial charge on any atom is 0.223 e. The Morgan fingerprint density at radius 2 is 2.00 bits per heavy atom. The number of aryl methyl sites for hydroxylation is 1. The fourth-order valence-electron chi connectivity index (χ4n) is 2.34. The molecule has 0 saturated heterocycles. The standard InChI is InChI=1S/C18H19N3O2/c1-14-6-5-9-17-20-15(13-21(14)17)12-19-18(22)10-11-23-16-7-3-2-4-8-16/h2-9,13H,10-12H2,1H3,(H,19,22). The lowest BCUT2D eigenvalue weighted by molar-refractivity contribution is -0.121. The molecule has 0 saturated carbocycles. The number of para-hydroxylation sites is 1. The van der Waals surface area contributed by atoms with Gasteiger partial charge in [-0.1, -0.05) is 24.3 Å². The van der Waals surface area contributed by atoms with Gasteiger partial charge in [0.25, 0.3) is 0 Å². The summed E-state index contributed by atoms with van der Waals surface area (Å²) in [5, 5.41) is 2.87. The van der Waals surface area contributed by atoms with E-state index in [2.05, 4.69) is 10.3 Å². The molecule has 0 radical (unpaired) electrons. The number of ether oxygens (including phenoxy) is 1. The summed E-state index contributed by atoms with van der Waals surface area (Å²) in [6.45, 7) is 2.81. The van der Waals surface area contributed by atoms with E-state index >= 15 is 0 Å². The van der Waals surface area contributed by atoms with Crippen LogP contribution in [0.3, 0.4) is 0 Å². The number of hydrogen-bond acceptors (Lipinski definition) is 3. The number of imidazole rings is 1. The van der Waals surface area contributed by atoms with Crippen LogP contribution in [0.2, 0.25) is 0 Å². The van der Waals surface area contributed by atoms with Crippen LogP contribution in [0.25, 0.3) is 5.65 Å². The molecular weight excluding hydrogens is 290 g/mol. The predicted molar refractivity (Wildman–Crippen MR) is 88.3 cm³/mol. The van der Waals surface area contributed by atoms with Crippen molar-refractivity contribution in [2.45, 2.75) is 19.9 Å². The average Bonchev–Trinajstić information content (AvgIpc) is 2.99. The smallest absolute Gasteiger partial charge is 0.223 e. The average molecular weight is 309 g/mol. The van der Waals surface area contributed by atoms with E-state index in [0.717, 1.165) is 22.8 Å². The minimum absolute atomic E-state index is 0.0466. The molecule has 0 fully saturated rings. The highest BCUT2D eigenvalue weighted by Gasteiger charge is 2.06. The molecule has 1 amide bonds. The fraction of sp³-hybridized carbons (Fsp3) is 0.222. The zero-order chi connectivity index (χ0) is 16.1. The lowest BCUT2D eigenvalue weighted by Gasteiger charge is -2.06. The summed E-state index contributed by atoms with van der Waals surface area (Å²) in [6, 6.07) is 15.4. The van der Waals surface area contributed by atoms with Crippen molar-refractivity contribution in [2.75, 3.05) is 6.61 Å². The van der Waals surface area contributed by atoms with Crippen molar-refractivity contribution in [3.8, 4) is 5.75 Å². The summed E-state index contributed by atoms with van der Waals surface area (Å²) in [5.74, 6) is 0.728. The molecular formula is C18H19N3O2. The molecule has 3 rings (SSSR count). The van der Waals surface area contributed by atoms with Crippen LogP contribution >= 0.6 is 0 Å². The Kier molecular flexibility index (Phi) is 4.57. The van der Waals surface area contributed by atoms with Gasteiger partial charge in [-0.2, -0.15) is 0 Å². The highest BCUT2D eigenvalue weighted by molar-refractivity contribution is 5.75. The van der Waals surface area contributed by atoms with Crippen LogP contribution in [-0.4, -0.2) is 21.9 Å². The van der Waals surface area contributed by atoms with Gasteiger partial charge in [-0.25, -0.2) is 4.98 Å². The van der Waals surface area contributed by atoms with Crippen molar-refractivity contribution in [1.82, 2.24) is 14.7 Å². The van der Waals surface area contributed by atoms with Gasteiger partial charge in [-0.3, -0.25) is 4.79 Å². The van der Waals surface area contributed by atoms with E-state index < -0.39 is 0 Å². The molecule has 5 heteroatoms. The second-order valence-corrected chi connectivity index (χ2v) is 5.32. The maximum absolute atomic E-state index is 11.9. The molecule has 0 unspecified atom stereocenters. The monoisotopic (exact) mass is 309 g/mol. The molecule has 0 atom stereocenters. The minimum Gasteiger partial charge on any atom is -0.493 e. The SMILES string of the molecule is Cc1cccc2nc(CNC(=O)CCOc3ccccc3)cn12. The number of nitrogens with one attached hydrogen (secondary N) is 1. The van der Waals surface area contributed by atoms with Crippen LogP contribution in [0.5, 0.6) is 5.75 Å². The number of hydrogen-bond donors (Lipinski definition) is 1. The van der Waals surface area contributed by atoms with Crippen molar-refractivity contribution < 1.29 is 9.53 Å². The van der Waals surface area contributed by atoms with E-state index in [1.54, 1.807) is 0 Å². The van der Waals surface area contributed by atoms with Crippen LogP contribution in [0.15, 0.2) is 54.7 Å². The summed E-state index contributed by atoms with van der Waals surface area (Å²) < 4.78 is 7.53. The van der Waals surface area contributed by atoms with Crippen molar-refractivity contribution in [2.24, 2.45) is 0 Å². The summed E-state index contributed by atoms with van der Waals surface area (Å²) >= 11 is 0. The molecule has 0 aliphatic heterocycles. The number of aromatic nitrogens is 2. The van der Waals surface area contributed by atoms with Crippen LogP contribution in [0, 0.1) is 6.92 Å². The number of amides is 1. The van der Waals surface area contributed by atoms with Crippen molar-refractivity contribution >= 4 is 11.6 Å². The van der Waals surface area contributed by atoms with E-state index in [0.29, 0.717) is 19.6 Å². The third-order valence-corrected chi connectivity index (χ3v) is 3.55. The van der Waals surface area contributed by atoms with Crippen LogP contribution in [0.1, 0.15) is 17.8 Å². The zero-order valence-corrected chi connectivity index (χ0v) is 13.0. The molecule has 0 spiro atoms. The van der Waals surface area contributed by atoms with Crippen LogP contribution in [0.4, 0.5) is 0 Å². The van der Waals surface area contributed by atoms with Gasteiger partial charge in [-0.15, -0.1) is 0 Å². The van der Waals surface area contributed by atoms with Gasteiger partial charge in [0.2, 0.25) is 5.91 Å². The molecule has 0 aliphatic carbocycles. The molecule has 3 aromatic rings.